The van der Waals surface area contributed by atoms with E-state index in [0.29, 0.717) is 28.3 Å². The van der Waals surface area contributed by atoms with Crippen molar-refractivity contribution in [1.82, 2.24) is 24.7 Å². The van der Waals surface area contributed by atoms with E-state index in [0.717, 1.165) is 52.1 Å². The molecule has 156 valence electrons. The third-order valence-corrected chi connectivity index (χ3v) is 6.30. The summed E-state index contributed by atoms with van der Waals surface area (Å²) in [6.45, 7) is 7.79. The van der Waals surface area contributed by atoms with Gasteiger partial charge < -0.3 is 9.88 Å². The number of aromatic amines is 1. The molecule has 8 heteroatoms. The van der Waals surface area contributed by atoms with Crippen molar-refractivity contribution >= 4 is 28.4 Å². The summed E-state index contributed by atoms with van der Waals surface area (Å²) in [6.07, 6.45) is 3.47. The van der Waals surface area contributed by atoms with Crippen LogP contribution in [-0.4, -0.2) is 75.9 Å². The Balaban J connectivity index is 1.35. The van der Waals surface area contributed by atoms with Crippen molar-refractivity contribution in [3.05, 3.63) is 39.4 Å². The maximum Gasteiger partial charge on any atom is 0.258 e. The van der Waals surface area contributed by atoms with Crippen LogP contribution in [0.2, 0.25) is 5.02 Å². The highest BCUT2D eigenvalue weighted by atomic mass is 35.5. The molecule has 3 heterocycles. The van der Waals surface area contributed by atoms with Crippen molar-refractivity contribution in [3.63, 3.8) is 0 Å². The van der Waals surface area contributed by atoms with Crippen molar-refractivity contribution in [1.29, 1.82) is 0 Å². The van der Waals surface area contributed by atoms with E-state index in [1.165, 1.54) is 6.42 Å². The number of nitrogens with one attached hydrogen (secondary N) is 1. The molecule has 0 bridgehead atoms. The fourth-order valence-electron chi connectivity index (χ4n) is 4.29. The van der Waals surface area contributed by atoms with Crippen LogP contribution in [0.4, 0.5) is 0 Å². The lowest BCUT2D eigenvalue weighted by atomic mass is 10.1. The van der Waals surface area contributed by atoms with E-state index < -0.39 is 0 Å². The monoisotopic (exact) mass is 417 g/mol. The summed E-state index contributed by atoms with van der Waals surface area (Å²) in [5.41, 5.74) is 0.499. The van der Waals surface area contributed by atoms with Crippen molar-refractivity contribution < 1.29 is 4.79 Å². The largest absolute Gasteiger partial charge is 0.341 e. The van der Waals surface area contributed by atoms with Gasteiger partial charge in [-0.25, -0.2) is 4.98 Å². The van der Waals surface area contributed by atoms with E-state index in [-0.39, 0.29) is 17.5 Å². The molecular formula is C21H28ClN5O2. The number of halogens is 1. The van der Waals surface area contributed by atoms with Crippen LogP contribution in [0.15, 0.2) is 23.0 Å². The topological polar surface area (TPSA) is 72.5 Å². The summed E-state index contributed by atoms with van der Waals surface area (Å²) in [5.74, 6) is 0.924. The highest BCUT2D eigenvalue weighted by molar-refractivity contribution is 6.31. The zero-order chi connectivity index (χ0) is 20.4. The van der Waals surface area contributed by atoms with Crippen LogP contribution < -0.4 is 5.56 Å². The van der Waals surface area contributed by atoms with E-state index in [4.69, 9.17) is 11.6 Å². The Kier molecular flexibility index (Phi) is 6.18. The minimum absolute atomic E-state index is 0.0707. The van der Waals surface area contributed by atoms with Crippen LogP contribution in [0, 0.1) is 0 Å². The molecule has 1 amide bonds. The van der Waals surface area contributed by atoms with Crippen molar-refractivity contribution in [2.75, 3.05) is 39.3 Å². The Morgan fingerprint density at radius 2 is 1.86 bits per heavy atom. The quantitative estimate of drug-likeness (QED) is 0.824. The molecule has 2 fully saturated rings. The SMILES string of the molecule is CC(C(=O)N1CCCCC1)N1CCN(Cc2nc3ccc(Cl)cc3c(=O)[nH]2)CC1. The number of piperidine rings is 1. The number of aromatic nitrogens is 2. The first kappa shape index (κ1) is 20.3. The standard InChI is InChI=1S/C21H28ClN5O2/c1-15(21(29)27-7-3-2-4-8-27)26-11-9-25(10-12-26)14-19-23-18-6-5-16(22)13-17(18)20(28)24-19/h5-6,13,15H,2-4,7-12,14H2,1H3,(H,23,24,28). The van der Waals surface area contributed by atoms with Gasteiger partial charge in [-0.05, 0) is 44.4 Å². The summed E-state index contributed by atoms with van der Waals surface area (Å²) < 4.78 is 0. The molecule has 7 nitrogen and oxygen atoms in total. The van der Waals surface area contributed by atoms with Gasteiger partial charge in [0.2, 0.25) is 5.91 Å². The molecule has 1 unspecified atom stereocenters. The fraction of sp³-hybridized carbons (Fsp3) is 0.571. The summed E-state index contributed by atoms with van der Waals surface area (Å²) in [7, 11) is 0. The lowest BCUT2D eigenvalue weighted by Crippen LogP contribution is -2.55. The van der Waals surface area contributed by atoms with Crippen LogP contribution in [0.1, 0.15) is 32.0 Å². The number of piperazine rings is 1. The average molecular weight is 418 g/mol. The zero-order valence-electron chi connectivity index (χ0n) is 16.9. The van der Waals surface area contributed by atoms with Gasteiger partial charge in [0.25, 0.3) is 5.56 Å². The maximum atomic E-state index is 12.8. The molecule has 1 aromatic carbocycles. The van der Waals surface area contributed by atoms with Crippen molar-refractivity contribution in [3.8, 4) is 0 Å². The van der Waals surface area contributed by atoms with E-state index in [9.17, 15) is 9.59 Å². The summed E-state index contributed by atoms with van der Waals surface area (Å²) in [6, 6.07) is 5.10. The van der Waals surface area contributed by atoms with Gasteiger partial charge in [-0.2, -0.15) is 0 Å². The van der Waals surface area contributed by atoms with Gasteiger partial charge >= 0.3 is 0 Å². The van der Waals surface area contributed by atoms with Crippen LogP contribution in [-0.2, 0) is 11.3 Å². The minimum Gasteiger partial charge on any atom is -0.341 e. The second kappa shape index (κ2) is 8.81. The number of nitrogens with zero attached hydrogens (tertiary/aromatic N) is 4. The lowest BCUT2D eigenvalue weighted by molar-refractivity contribution is -0.138. The van der Waals surface area contributed by atoms with Crippen LogP contribution in [0.25, 0.3) is 10.9 Å². The molecule has 2 aliphatic rings. The third-order valence-electron chi connectivity index (χ3n) is 6.07. The number of H-pyrrole nitrogens is 1. The van der Waals surface area contributed by atoms with E-state index in [1.54, 1.807) is 18.2 Å². The predicted molar refractivity (Wildman–Crippen MR) is 114 cm³/mol. The smallest absolute Gasteiger partial charge is 0.258 e. The number of likely N-dealkylation sites (tertiary alicyclic amines) is 1. The van der Waals surface area contributed by atoms with Gasteiger partial charge in [0.15, 0.2) is 0 Å². The van der Waals surface area contributed by atoms with Gasteiger partial charge in [0.05, 0.1) is 23.5 Å². The molecule has 2 saturated heterocycles. The predicted octanol–water partition coefficient (Wildman–Crippen LogP) is 2.10. The second-order valence-electron chi connectivity index (χ2n) is 8.05. The molecule has 1 N–H and O–H groups in total. The molecule has 0 aliphatic carbocycles. The maximum absolute atomic E-state index is 12.8. The number of benzene rings is 1. The summed E-state index contributed by atoms with van der Waals surface area (Å²) >= 11 is 5.98. The number of carbonyl (C=O) groups excluding carboxylic acids is 1. The first-order valence-corrected chi connectivity index (χ1v) is 10.8. The van der Waals surface area contributed by atoms with Gasteiger partial charge in [-0.3, -0.25) is 19.4 Å². The molecule has 0 saturated carbocycles. The molecule has 0 radical (unpaired) electrons. The molecule has 1 atom stereocenters. The molecule has 2 aliphatic heterocycles. The van der Waals surface area contributed by atoms with E-state index >= 15 is 0 Å². The molecule has 0 spiro atoms. The molecule has 1 aromatic heterocycles. The highest BCUT2D eigenvalue weighted by Gasteiger charge is 2.29. The number of hydrogen-bond donors (Lipinski definition) is 1. The lowest BCUT2D eigenvalue weighted by Gasteiger charge is -2.39. The van der Waals surface area contributed by atoms with E-state index in [1.807, 2.05) is 11.8 Å². The Labute approximate surface area is 175 Å². The van der Waals surface area contributed by atoms with Gasteiger partial charge in [0, 0.05) is 44.3 Å². The molecule has 4 rings (SSSR count). The van der Waals surface area contributed by atoms with Crippen LogP contribution in [0.5, 0.6) is 0 Å². The third kappa shape index (κ3) is 4.63. The van der Waals surface area contributed by atoms with E-state index in [2.05, 4.69) is 19.8 Å². The molecule has 2 aromatic rings. The van der Waals surface area contributed by atoms with Crippen LogP contribution in [0.3, 0.4) is 0 Å². The summed E-state index contributed by atoms with van der Waals surface area (Å²) in [4.78, 5) is 39.1. The fourth-order valence-corrected chi connectivity index (χ4v) is 4.46. The first-order valence-electron chi connectivity index (χ1n) is 10.4. The van der Waals surface area contributed by atoms with Gasteiger partial charge in [-0.1, -0.05) is 11.6 Å². The van der Waals surface area contributed by atoms with Crippen molar-refractivity contribution in [2.45, 2.75) is 38.8 Å². The number of fused-ring (bicyclic) bond motifs is 1. The Hall–Kier alpha value is -1.96. The molecular weight excluding hydrogens is 390 g/mol. The second-order valence-corrected chi connectivity index (χ2v) is 8.48. The van der Waals surface area contributed by atoms with Gasteiger partial charge in [-0.15, -0.1) is 0 Å². The highest BCUT2D eigenvalue weighted by Crippen LogP contribution is 2.16. The number of amides is 1. The number of carbonyl (C=O) groups is 1. The van der Waals surface area contributed by atoms with Crippen LogP contribution >= 0.6 is 11.6 Å². The van der Waals surface area contributed by atoms with Gasteiger partial charge in [0.1, 0.15) is 5.82 Å². The average Bonchev–Trinajstić information content (AvgIpc) is 2.74. The first-order chi connectivity index (χ1) is 14.0. The molecule has 29 heavy (non-hydrogen) atoms. The number of rotatable bonds is 4. The number of hydrogen-bond acceptors (Lipinski definition) is 5. The minimum atomic E-state index is -0.160. The Bertz CT molecular complexity index is 932. The van der Waals surface area contributed by atoms with Crippen molar-refractivity contribution in [2.24, 2.45) is 0 Å². The Morgan fingerprint density at radius 3 is 2.59 bits per heavy atom. The Morgan fingerprint density at radius 1 is 1.14 bits per heavy atom. The zero-order valence-corrected chi connectivity index (χ0v) is 17.6. The normalized spacial score (nSPS) is 20.1. The summed E-state index contributed by atoms with van der Waals surface area (Å²) in [5, 5.41) is 1.04.